The summed E-state index contributed by atoms with van der Waals surface area (Å²) in [5.74, 6) is 0.215. The Morgan fingerprint density at radius 3 is 2.57 bits per heavy atom. The number of carbonyl (C=O) groups is 2. The van der Waals surface area contributed by atoms with Gasteiger partial charge in [0.05, 0.1) is 18.6 Å². The monoisotopic (exact) mass is 411 g/mol. The second kappa shape index (κ2) is 8.17. The largest absolute Gasteiger partial charge is 0.497 e. The minimum absolute atomic E-state index is 0.111. The summed E-state index contributed by atoms with van der Waals surface area (Å²) in [6, 6.07) is 6.83. The van der Waals surface area contributed by atoms with Crippen molar-refractivity contribution in [2.75, 3.05) is 35.7 Å². The van der Waals surface area contributed by atoms with Gasteiger partial charge in [0.15, 0.2) is 0 Å². The molecular weight excluding hydrogens is 386 g/mol. The van der Waals surface area contributed by atoms with Crippen LogP contribution < -0.4 is 25.8 Å². The van der Waals surface area contributed by atoms with Crippen molar-refractivity contribution in [2.45, 2.75) is 32.1 Å². The number of aromatic nitrogens is 2. The molecule has 0 spiro atoms. The molecule has 1 fully saturated rings. The molecule has 0 unspecified atom stereocenters. The van der Waals surface area contributed by atoms with Gasteiger partial charge in [-0.2, -0.15) is 4.98 Å². The van der Waals surface area contributed by atoms with Crippen LogP contribution in [0.2, 0.25) is 0 Å². The van der Waals surface area contributed by atoms with Gasteiger partial charge in [-0.05, 0) is 43.0 Å². The zero-order valence-electron chi connectivity index (χ0n) is 17.0. The first-order chi connectivity index (χ1) is 14.4. The third-order valence-electron chi connectivity index (χ3n) is 5.70. The summed E-state index contributed by atoms with van der Waals surface area (Å²) in [5, 5.41) is 5.43. The number of aromatic amines is 1. The Bertz CT molecular complexity index is 1010. The normalized spacial score (nSPS) is 19.1. The Labute approximate surface area is 173 Å². The molecule has 1 aromatic heterocycles. The second-order valence-electron chi connectivity index (χ2n) is 7.84. The fourth-order valence-electron chi connectivity index (χ4n) is 3.86. The van der Waals surface area contributed by atoms with Crippen LogP contribution in [-0.4, -0.2) is 42.0 Å². The van der Waals surface area contributed by atoms with E-state index in [0.29, 0.717) is 23.3 Å². The predicted molar refractivity (Wildman–Crippen MR) is 113 cm³/mol. The molecule has 3 N–H and O–H groups in total. The summed E-state index contributed by atoms with van der Waals surface area (Å²) < 4.78 is 5.11. The average Bonchev–Trinajstić information content (AvgIpc) is 2.73. The third kappa shape index (κ3) is 4.00. The van der Waals surface area contributed by atoms with Crippen LogP contribution in [0.15, 0.2) is 29.1 Å². The number of benzene rings is 1. The number of piperidine rings is 1. The van der Waals surface area contributed by atoms with Crippen LogP contribution >= 0.6 is 0 Å². The Hall–Kier alpha value is -3.36. The lowest BCUT2D eigenvalue weighted by Crippen LogP contribution is -2.39. The molecule has 1 saturated heterocycles. The fourth-order valence-corrected chi connectivity index (χ4v) is 3.86. The lowest BCUT2D eigenvalue weighted by Gasteiger charge is -2.31. The van der Waals surface area contributed by atoms with Crippen LogP contribution in [0.5, 0.6) is 5.75 Å². The average molecular weight is 411 g/mol. The van der Waals surface area contributed by atoms with E-state index in [1.54, 1.807) is 31.4 Å². The standard InChI is InChI=1S/C21H25N5O4/c1-12-7-9-26(10-8-12)21-24-18-17(20(29)25-21)15(11-16(27)23-18)19(28)22-13-3-5-14(30-2)6-4-13/h3-6,12,15H,7-11H2,1-2H3,(H,22,28)(H2,23,24,25,27,29)/t15-/m1/s1. The molecule has 2 aliphatic rings. The topological polar surface area (TPSA) is 116 Å². The summed E-state index contributed by atoms with van der Waals surface area (Å²) in [4.78, 5) is 47.3. The van der Waals surface area contributed by atoms with E-state index in [1.807, 2.05) is 4.90 Å². The van der Waals surface area contributed by atoms with E-state index in [1.165, 1.54) is 0 Å². The van der Waals surface area contributed by atoms with E-state index in [0.717, 1.165) is 25.9 Å². The number of H-pyrrole nitrogens is 1. The summed E-state index contributed by atoms with van der Waals surface area (Å²) in [6.07, 6.45) is 1.92. The number of methoxy groups -OCH3 is 1. The van der Waals surface area contributed by atoms with Gasteiger partial charge in [0.25, 0.3) is 5.56 Å². The molecule has 4 rings (SSSR count). The summed E-state index contributed by atoms with van der Waals surface area (Å²) in [6.45, 7) is 3.78. The molecule has 158 valence electrons. The number of carbonyl (C=O) groups excluding carboxylic acids is 2. The van der Waals surface area contributed by atoms with Crippen LogP contribution in [0.4, 0.5) is 17.5 Å². The van der Waals surface area contributed by atoms with Gasteiger partial charge in [-0.3, -0.25) is 19.4 Å². The number of nitrogens with one attached hydrogen (secondary N) is 3. The third-order valence-corrected chi connectivity index (χ3v) is 5.70. The van der Waals surface area contributed by atoms with Crippen LogP contribution in [0.25, 0.3) is 0 Å². The summed E-state index contributed by atoms with van der Waals surface area (Å²) in [5.41, 5.74) is 0.343. The van der Waals surface area contributed by atoms with Crippen molar-refractivity contribution in [3.05, 3.63) is 40.2 Å². The maximum atomic E-state index is 12.9. The van der Waals surface area contributed by atoms with E-state index in [2.05, 4.69) is 27.5 Å². The minimum atomic E-state index is -0.914. The number of hydrogen-bond acceptors (Lipinski definition) is 6. The zero-order chi connectivity index (χ0) is 21.3. The van der Waals surface area contributed by atoms with E-state index in [9.17, 15) is 14.4 Å². The van der Waals surface area contributed by atoms with Crippen molar-refractivity contribution >= 4 is 29.3 Å². The van der Waals surface area contributed by atoms with Crippen molar-refractivity contribution < 1.29 is 14.3 Å². The zero-order valence-corrected chi connectivity index (χ0v) is 17.0. The molecule has 2 amide bonds. The Balaban J connectivity index is 1.60. The van der Waals surface area contributed by atoms with Crippen molar-refractivity contribution in [3.63, 3.8) is 0 Å². The Morgan fingerprint density at radius 2 is 1.90 bits per heavy atom. The van der Waals surface area contributed by atoms with Gasteiger partial charge < -0.3 is 20.3 Å². The van der Waals surface area contributed by atoms with Gasteiger partial charge in [-0.25, -0.2) is 0 Å². The lowest BCUT2D eigenvalue weighted by molar-refractivity contribution is -0.123. The molecule has 1 atom stereocenters. The first-order valence-corrected chi connectivity index (χ1v) is 10.1. The van der Waals surface area contributed by atoms with Crippen LogP contribution in [-0.2, 0) is 9.59 Å². The Morgan fingerprint density at radius 1 is 1.20 bits per heavy atom. The molecule has 9 heteroatoms. The number of anilines is 3. The van der Waals surface area contributed by atoms with Crippen LogP contribution in [0.3, 0.4) is 0 Å². The highest BCUT2D eigenvalue weighted by Gasteiger charge is 2.35. The van der Waals surface area contributed by atoms with E-state index < -0.39 is 17.4 Å². The molecule has 3 heterocycles. The molecule has 0 bridgehead atoms. The maximum Gasteiger partial charge on any atom is 0.258 e. The highest BCUT2D eigenvalue weighted by Crippen LogP contribution is 2.31. The highest BCUT2D eigenvalue weighted by molar-refractivity contribution is 6.04. The fraction of sp³-hybridized carbons (Fsp3) is 0.429. The SMILES string of the molecule is COc1ccc(NC(=O)[C@@H]2CC(=O)Nc3nc(N4CCC(C)CC4)[nH]c(=O)c32)cc1. The lowest BCUT2D eigenvalue weighted by atomic mass is 9.92. The van der Waals surface area contributed by atoms with Gasteiger partial charge in [-0.15, -0.1) is 0 Å². The number of ether oxygens (including phenoxy) is 1. The van der Waals surface area contributed by atoms with Gasteiger partial charge >= 0.3 is 0 Å². The molecule has 0 radical (unpaired) electrons. The van der Waals surface area contributed by atoms with Gasteiger partial charge in [0.1, 0.15) is 11.6 Å². The number of rotatable bonds is 4. The quantitative estimate of drug-likeness (QED) is 0.709. The van der Waals surface area contributed by atoms with Gasteiger partial charge in [-0.1, -0.05) is 6.92 Å². The Kier molecular flexibility index (Phi) is 5.43. The minimum Gasteiger partial charge on any atom is -0.497 e. The van der Waals surface area contributed by atoms with E-state index >= 15 is 0 Å². The molecule has 1 aromatic carbocycles. The second-order valence-corrected chi connectivity index (χ2v) is 7.84. The highest BCUT2D eigenvalue weighted by atomic mass is 16.5. The smallest absolute Gasteiger partial charge is 0.258 e. The summed E-state index contributed by atoms with van der Waals surface area (Å²) >= 11 is 0. The number of nitrogens with zero attached hydrogens (tertiary/aromatic N) is 2. The predicted octanol–water partition coefficient (Wildman–Crippen LogP) is 2.08. The van der Waals surface area contributed by atoms with E-state index in [4.69, 9.17) is 4.74 Å². The van der Waals surface area contributed by atoms with Crippen molar-refractivity contribution in [1.29, 1.82) is 0 Å². The van der Waals surface area contributed by atoms with Crippen molar-refractivity contribution in [3.8, 4) is 5.75 Å². The summed E-state index contributed by atoms with van der Waals surface area (Å²) in [7, 11) is 1.56. The van der Waals surface area contributed by atoms with Crippen LogP contribution in [0.1, 0.15) is 37.7 Å². The van der Waals surface area contributed by atoms with Crippen molar-refractivity contribution in [1.82, 2.24) is 9.97 Å². The van der Waals surface area contributed by atoms with Crippen molar-refractivity contribution in [2.24, 2.45) is 5.92 Å². The molecule has 9 nitrogen and oxygen atoms in total. The molecule has 0 saturated carbocycles. The van der Waals surface area contributed by atoms with Gasteiger partial charge in [0, 0.05) is 25.2 Å². The van der Waals surface area contributed by atoms with Crippen LogP contribution in [0, 0.1) is 5.92 Å². The maximum absolute atomic E-state index is 12.9. The number of amides is 2. The first kappa shape index (κ1) is 19.9. The number of hydrogen-bond donors (Lipinski definition) is 3. The molecule has 2 aromatic rings. The number of fused-ring (bicyclic) bond motifs is 1. The first-order valence-electron chi connectivity index (χ1n) is 10.1. The molecule has 2 aliphatic heterocycles. The van der Waals surface area contributed by atoms with Gasteiger partial charge in [0.2, 0.25) is 17.8 Å². The van der Waals surface area contributed by atoms with E-state index in [-0.39, 0.29) is 23.7 Å². The molecular formula is C21H25N5O4. The molecule has 0 aliphatic carbocycles. The molecule has 30 heavy (non-hydrogen) atoms.